The molecule has 1 aliphatic heterocycles. The number of benzene rings is 1. The van der Waals surface area contributed by atoms with E-state index >= 15 is 0 Å². The second-order valence-corrected chi connectivity index (χ2v) is 9.02. The first-order valence-corrected chi connectivity index (χ1v) is 11.7. The van der Waals surface area contributed by atoms with Crippen LogP contribution in [0.25, 0.3) is 11.0 Å². The summed E-state index contributed by atoms with van der Waals surface area (Å²) < 4.78 is 2.07. The largest absolute Gasteiger partial charge is 0.481 e. The lowest BCUT2D eigenvalue weighted by molar-refractivity contribution is -0.137. The molecule has 1 aromatic carbocycles. The van der Waals surface area contributed by atoms with Crippen molar-refractivity contribution in [3.05, 3.63) is 46.7 Å². The number of carboxylic acid groups (broad SMARTS) is 1. The number of amides is 1. The van der Waals surface area contributed by atoms with Crippen LogP contribution in [0.1, 0.15) is 42.9 Å². The molecule has 4 rings (SSSR count). The highest BCUT2D eigenvalue weighted by molar-refractivity contribution is 7.10. The van der Waals surface area contributed by atoms with Gasteiger partial charge in [0.15, 0.2) is 0 Å². The molecule has 164 valence electrons. The number of fused-ring (bicyclic) bond motifs is 1. The summed E-state index contributed by atoms with van der Waals surface area (Å²) in [5.74, 6) is -0.929. The van der Waals surface area contributed by atoms with Crippen LogP contribution < -0.4 is 5.32 Å². The van der Waals surface area contributed by atoms with Crippen LogP contribution in [-0.4, -0.2) is 51.1 Å². The number of thiophene rings is 1. The summed E-state index contributed by atoms with van der Waals surface area (Å²) in [6.45, 7) is 3.90. The Balaban J connectivity index is 1.50. The summed E-state index contributed by atoms with van der Waals surface area (Å²) >= 11 is 1.48. The quantitative estimate of drug-likeness (QED) is 0.521. The molecule has 1 aliphatic rings. The van der Waals surface area contributed by atoms with Gasteiger partial charge >= 0.3 is 5.97 Å². The predicted octanol–water partition coefficient (Wildman–Crippen LogP) is 4.17. The van der Waals surface area contributed by atoms with Gasteiger partial charge in [-0.2, -0.15) is 0 Å². The lowest BCUT2D eigenvalue weighted by Crippen LogP contribution is -2.33. The van der Waals surface area contributed by atoms with Gasteiger partial charge in [0.25, 0.3) is 0 Å². The number of carboxylic acids is 1. The van der Waals surface area contributed by atoms with Crippen molar-refractivity contribution in [1.82, 2.24) is 14.5 Å². The molecule has 0 aliphatic carbocycles. The fourth-order valence-corrected chi connectivity index (χ4v) is 5.06. The number of carbonyl (C=O) groups excluding carboxylic acids is 1. The highest BCUT2D eigenvalue weighted by Crippen LogP contribution is 2.28. The molecule has 0 saturated carbocycles. The van der Waals surface area contributed by atoms with Crippen LogP contribution in [0.4, 0.5) is 5.95 Å². The van der Waals surface area contributed by atoms with Gasteiger partial charge in [-0.15, -0.1) is 11.3 Å². The maximum absolute atomic E-state index is 12.9. The molecule has 8 heteroatoms. The standard InChI is InChI=1S/C23H28N4O3S/c28-21(15-17(16-22(29)30)20-9-6-14-31-20)25-23-24-18-7-2-3-8-19(18)27(23)13-12-26-10-4-1-5-11-26/h2-3,6-9,14,17H,1,4-5,10-13,15-16H2,(H,29,30)(H,24,25,28). The van der Waals surface area contributed by atoms with Crippen LogP contribution in [-0.2, 0) is 16.1 Å². The minimum absolute atomic E-state index is 0.0701. The van der Waals surface area contributed by atoms with Crippen LogP contribution in [0, 0.1) is 0 Å². The van der Waals surface area contributed by atoms with E-state index in [1.807, 2.05) is 41.8 Å². The van der Waals surface area contributed by atoms with E-state index in [1.54, 1.807) is 0 Å². The first kappa shape index (κ1) is 21.5. The van der Waals surface area contributed by atoms with Crippen molar-refractivity contribution in [3.63, 3.8) is 0 Å². The van der Waals surface area contributed by atoms with Crippen molar-refractivity contribution in [2.24, 2.45) is 0 Å². The Bertz CT molecular complexity index is 1020. The van der Waals surface area contributed by atoms with Crippen molar-refractivity contribution < 1.29 is 14.7 Å². The highest BCUT2D eigenvalue weighted by Gasteiger charge is 2.22. The Morgan fingerprint density at radius 1 is 1.06 bits per heavy atom. The number of carbonyl (C=O) groups is 2. The smallest absolute Gasteiger partial charge is 0.304 e. The summed E-state index contributed by atoms with van der Waals surface area (Å²) in [5, 5.41) is 14.1. The van der Waals surface area contributed by atoms with Crippen molar-refractivity contribution in [2.45, 2.75) is 44.6 Å². The zero-order chi connectivity index (χ0) is 21.6. The van der Waals surface area contributed by atoms with Crippen LogP contribution >= 0.6 is 11.3 Å². The third-order valence-corrected chi connectivity index (χ3v) is 6.83. The number of nitrogens with one attached hydrogen (secondary N) is 1. The summed E-state index contributed by atoms with van der Waals surface area (Å²) in [6, 6.07) is 11.7. The molecule has 1 saturated heterocycles. The molecule has 1 amide bonds. The highest BCUT2D eigenvalue weighted by atomic mass is 32.1. The topological polar surface area (TPSA) is 87.5 Å². The van der Waals surface area contributed by atoms with Crippen molar-refractivity contribution >= 4 is 40.2 Å². The number of anilines is 1. The molecule has 3 heterocycles. The van der Waals surface area contributed by atoms with Gasteiger partial charge < -0.3 is 14.6 Å². The number of hydrogen-bond acceptors (Lipinski definition) is 5. The first-order chi connectivity index (χ1) is 15.1. The summed E-state index contributed by atoms with van der Waals surface area (Å²) in [7, 11) is 0. The third-order valence-electron chi connectivity index (χ3n) is 5.79. The molecule has 2 N–H and O–H groups in total. The van der Waals surface area contributed by atoms with Gasteiger partial charge in [0.1, 0.15) is 0 Å². The Kier molecular flexibility index (Phi) is 6.99. The van der Waals surface area contributed by atoms with Gasteiger partial charge in [0, 0.05) is 30.3 Å². The number of likely N-dealkylation sites (tertiary alicyclic amines) is 1. The SMILES string of the molecule is O=C(O)CC(CC(=O)Nc1nc2ccccc2n1CCN1CCCCC1)c1cccs1. The fraction of sp³-hybridized carbons (Fsp3) is 0.435. The molecule has 3 aromatic rings. The third kappa shape index (κ3) is 5.51. The lowest BCUT2D eigenvalue weighted by Gasteiger charge is -2.26. The number of piperidine rings is 1. The molecule has 1 unspecified atom stereocenters. The number of rotatable bonds is 9. The van der Waals surface area contributed by atoms with E-state index in [2.05, 4.69) is 19.8 Å². The van der Waals surface area contributed by atoms with E-state index in [1.165, 1.54) is 30.6 Å². The Morgan fingerprint density at radius 2 is 1.87 bits per heavy atom. The lowest BCUT2D eigenvalue weighted by atomic mass is 9.99. The summed E-state index contributed by atoms with van der Waals surface area (Å²) in [4.78, 5) is 32.2. The Hall–Kier alpha value is -2.71. The van der Waals surface area contributed by atoms with Gasteiger partial charge in [-0.3, -0.25) is 14.9 Å². The zero-order valence-corrected chi connectivity index (χ0v) is 18.3. The van der Waals surface area contributed by atoms with E-state index in [9.17, 15) is 14.7 Å². The molecule has 2 aromatic heterocycles. The van der Waals surface area contributed by atoms with Gasteiger partial charge in [0.05, 0.1) is 17.5 Å². The maximum atomic E-state index is 12.9. The summed E-state index contributed by atoms with van der Waals surface area (Å²) in [6.07, 6.45) is 3.82. The molecule has 0 radical (unpaired) electrons. The molecular formula is C23H28N4O3S. The van der Waals surface area contributed by atoms with Crippen molar-refractivity contribution in [2.75, 3.05) is 25.0 Å². The monoisotopic (exact) mass is 440 g/mol. The van der Waals surface area contributed by atoms with E-state index in [-0.39, 0.29) is 24.7 Å². The average molecular weight is 441 g/mol. The van der Waals surface area contributed by atoms with E-state index < -0.39 is 5.97 Å². The number of aromatic nitrogens is 2. The fourth-order valence-electron chi connectivity index (χ4n) is 4.23. The Labute approximate surface area is 185 Å². The predicted molar refractivity (Wildman–Crippen MR) is 123 cm³/mol. The number of para-hydroxylation sites is 2. The van der Waals surface area contributed by atoms with Gasteiger partial charge in [-0.05, 0) is 49.5 Å². The number of nitrogens with zero attached hydrogens (tertiary/aromatic N) is 3. The number of hydrogen-bond donors (Lipinski definition) is 2. The molecule has 0 bridgehead atoms. The average Bonchev–Trinajstić information content (AvgIpc) is 3.40. The first-order valence-electron chi connectivity index (χ1n) is 10.8. The summed E-state index contributed by atoms with van der Waals surface area (Å²) in [5.41, 5.74) is 1.84. The maximum Gasteiger partial charge on any atom is 0.304 e. The van der Waals surface area contributed by atoms with E-state index in [4.69, 9.17) is 0 Å². The Morgan fingerprint density at radius 3 is 2.61 bits per heavy atom. The molecule has 1 fully saturated rings. The van der Waals surface area contributed by atoms with Crippen molar-refractivity contribution in [3.8, 4) is 0 Å². The molecular weight excluding hydrogens is 412 g/mol. The van der Waals surface area contributed by atoms with E-state index in [0.29, 0.717) is 5.95 Å². The van der Waals surface area contributed by atoms with Gasteiger partial charge in [0.2, 0.25) is 11.9 Å². The minimum atomic E-state index is -0.903. The second-order valence-electron chi connectivity index (χ2n) is 8.04. The normalized spacial score (nSPS) is 15.7. The molecule has 7 nitrogen and oxygen atoms in total. The van der Waals surface area contributed by atoms with Crippen LogP contribution in [0.2, 0.25) is 0 Å². The number of imidazole rings is 1. The van der Waals surface area contributed by atoms with Gasteiger partial charge in [-0.1, -0.05) is 24.6 Å². The van der Waals surface area contributed by atoms with Crippen LogP contribution in [0.5, 0.6) is 0 Å². The second kappa shape index (κ2) is 10.1. The van der Waals surface area contributed by atoms with Crippen LogP contribution in [0.3, 0.4) is 0 Å². The molecule has 1 atom stereocenters. The molecule has 31 heavy (non-hydrogen) atoms. The molecule has 0 spiro atoms. The van der Waals surface area contributed by atoms with Gasteiger partial charge in [-0.25, -0.2) is 4.98 Å². The number of aliphatic carboxylic acids is 1. The zero-order valence-electron chi connectivity index (χ0n) is 17.5. The van der Waals surface area contributed by atoms with E-state index in [0.717, 1.165) is 42.1 Å². The van der Waals surface area contributed by atoms with Crippen LogP contribution in [0.15, 0.2) is 41.8 Å². The van der Waals surface area contributed by atoms with Crippen molar-refractivity contribution in [1.29, 1.82) is 0 Å². The minimum Gasteiger partial charge on any atom is -0.481 e.